The summed E-state index contributed by atoms with van der Waals surface area (Å²) in [5.74, 6) is -0.324. The quantitative estimate of drug-likeness (QED) is 0.636. The van der Waals surface area contributed by atoms with Crippen LogP contribution >= 0.6 is 0 Å². The fraction of sp³-hybridized carbons (Fsp3) is 0.136. The second-order valence-corrected chi connectivity index (χ2v) is 6.46. The number of nitrogens with zero attached hydrogens (tertiary/aromatic N) is 1. The Kier molecular flexibility index (Phi) is 5.31. The van der Waals surface area contributed by atoms with Crippen LogP contribution in [0.15, 0.2) is 60.8 Å². The van der Waals surface area contributed by atoms with Crippen LogP contribution in [0.25, 0.3) is 0 Å². The molecule has 0 saturated heterocycles. The fourth-order valence-electron chi connectivity index (χ4n) is 2.73. The molecule has 0 aliphatic carbocycles. The topological polar surface area (TPSA) is 71.1 Å². The number of aromatic nitrogens is 1. The zero-order chi connectivity index (χ0) is 19.4. The van der Waals surface area contributed by atoms with E-state index in [1.54, 1.807) is 36.5 Å². The normalized spacial score (nSPS) is 10.3. The van der Waals surface area contributed by atoms with Gasteiger partial charge in [0.2, 0.25) is 0 Å². The number of rotatable bonds is 5. The summed E-state index contributed by atoms with van der Waals surface area (Å²) in [6, 6.07) is 16.4. The van der Waals surface area contributed by atoms with Crippen molar-refractivity contribution in [2.45, 2.75) is 20.8 Å². The highest BCUT2D eigenvalue weighted by molar-refractivity contribution is 6.03. The number of nitrogens with one attached hydrogen (secondary N) is 2. The van der Waals surface area contributed by atoms with Crippen molar-refractivity contribution in [1.82, 2.24) is 4.98 Å². The van der Waals surface area contributed by atoms with Crippen LogP contribution in [0, 0.1) is 13.8 Å². The van der Waals surface area contributed by atoms with Crippen LogP contribution in [0.4, 0.5) is 17.1 Å². The molecular formula is C22H21N3O2. The van der Waals surface area contributed by atoms with E-state index in [0.29, 0.717) is 16.9 Å². The second kappa shape index (κ2) is 7.83. The van der Waals surface area contributed by atoms with Gasteiger partial charge < -0.3 is 10.6 Å². The predicted molar refractivity (Wildman–Crippen MR) is 108 cm³/mol. The highest BCUT2D eigenvalue weighted by Gasteiger charge is 2.10. The first kappa shape index (κ1) is 18.3. The van der Waals surface area contributed by atoms with Crippen LogP contribution in [0.2, 0.25) is 0 Å². The van der Waals surface area contributed by atoms with Crippen LogP contribution in [-0.2, 0) is 0 Å². The van der Waals surface area contributed by atoms with Gasteiger partial charge in [-0.2, -0.15) is 0 Å². The Balaban J connectivity index is 1.74. The summed E-state index contributed by atoms with van der Waals surface area (Å²) < 4.78 is 0. The van der Waals surface area contributed by atoms with Gasteiger partial charge in [-0.3, -0.25) is 14.6 Å². The molecule has 136 valence electrons. The lowest BCUT2D eigenvalue weighted by atomic mass is 10.1. The molecule has 0 atom stereocenters. The number of hydrogen-bond donors (Lipinski definition) is 2. The minimum absolute atomic E-state index is 0.0142. The number of carbonyl (C=O) groups excluding carboxylic acids is 2. The maximum Gasteiger partial charge on any atom is 0.274 e. The van der Waals surface area contributed by atoms with Gasteiger partial charge in [0.25, 0.3) is 5.91 Å². The number of benzene rings is 2. The smallest absolute Gasteiger partial charge is 0.274 e. The molecule has 5 heteroatoms. The minimum atomic E-state index is -0.310. The first-order chi connectivity index (χ1) is 12.9. The van der Waals surface area contributed by atoms with E-state index in [9.17, 15) is 9.59 Å². The van der Waals surface area contributed by atoms with Crippen molar-refractivity contribution in [2.75, 3.05) is 10.6 Å². The zero-order valence-electron chi connectivity index (χ0n) is 15.5. The lowest BCUT2D eigenvalue weighted by Crippen LogP contribution is -2.14. The number of anilines is 3. The maximum absolute atomic E-state index is 12.5. The van der Waals surface area contributed by atoms with Gasteiger partial charge in [-0.05, 0) is 68.8 Å². The van der Waals surface area contributed by atoms with Crippen LogP contribution < -0.4 is 10.6 Å². The minimum Gasteiger partial charge on any atom is -0.355 e. The SMILES string of the molecule is CC(=O)c1ccc(NC(=O)c2cc(Nc3ccc(C)cc3C)ccn2)cc1. The van der Waals surface area contributed by atoms with E-state index >= 15 is 0 Å². The molecule has 0 saturated carbocycles. The molecule has 1 aromatic heterocycles. The van der Waals surface area contributed by atoms with Crippen molar-refractivity contribution in [1.29, 1.82) is 0 Å². The van der Waals surface area contributed by atoms with Crippen molar-refractivity contribution in [2.24, 2.45) is 0 Å². The van der Waals surface area contributed by atoms with E-state index in [4.69, 9.17) is 0 Å². The third kappa shape index (κ3) is 4.58. The number of carbonyl (C=O) groups is 2. The highest BCUT2D eigenvalue weighted by atomic mass is 16.2. The highest BCUT2D eigenvalue weighted by Crippen LogP contribution is 2.22. The van der Waals surface area contributed by atoms with Gasteiger partial charge in [-0.15, -0.1) is 0 Å². The molecule has 0 spiro atoms. The Morgan fingerprint density at radius 3 is 2.30 bits per heavy atom. The molecule has 0 unspecified atom stereocenters. The third-order valence-electron chi connectivity index (χ3n) is 4.20. The lowest BCUT2D eigenvalue weighted by Gasteiger charge is -2.11. The Morgan fingerprint density at radius 2 is 1.63 bits per heavy atom. The summed E-state index contributed by atoms with van der Waals surface area (Å²) in [6.45, 7) is 5.59. The Labute approximate surface area is 158 Å². The monoisotopic (exact) mass is 359 g/mol. The third-order valence-corrected chi connectivity index (χ3v) is 4.20. The van der Waals surface area contributed by atoms with Gasteiger partial charge in [0, 0.05) is 28.8 Å². The Hall–Kier alpha value is -3.47. The molecule has 5 nitrogen and oxygen atoms in total. The van der Waals surface area contributed by atoms with Gasteiger partial charge in [-0.25, -0.2) is 0 Å². The molecule has 27 heavy (non-hydrogen) atoms. The molecule has 0 fully saturated rings. The Bertz CT molecular complexity index is 995. The van der Waals surface area contributed by atoms with Crippen LogP contribution in [0.1, 0.15) is 38.9 Å². The number of Topliss-reactive ketones (excluding diaryl/α,β-unsaturated/α-hetero) is 1. The number of hydrogen-bond acceptors (Lipinski definition) is 4. The van der Waals surface area contributed by atoms with E-state index in [2.05, 4.69) is 28.6 Å². The van der Waals surface area contributed by atoms with E-state index in [0.717, 1.165) is 16.9 Å². The largest absolute Gasteiger partial charge is 0.355 e. The second-order valence-electron chi connectivity index (χ2n) is 6.46. The van der Waals surface area contributed by atoms with Crippen molar-refractivity contribution in [3.63, 3.8) is 0 Å². The average Bonchev–Trinajstić information content (AvgIpc) is 2.65. The molecule has 1 heterocycles. The molecule has 0 bridgehead atoms. The van der Waals surface area contributed by atoms with Crippen LogP contribution in [0.3, 0.4) is 0 Å². The van der Waals surface area contributed by atoms with E-state index < -0.39 is 0 Å². The molecule has 0 radical (unpaired) electrons. The van der Waals surface area contributed by atoms with Gasteiger partial charge in [0.1, 0.15) is 5.69 Å². The van der Waals surface area contributed by atoms with E-state index in [-0.39, 0.29) is 11.7 Å². The van der Waals surface area contributed by atoms with Crippen molar-refractivity contribution >= 4 is 28.8 Å². The number of pyridine rings is 1. The van der Waals surface area contributed by atoms with E-state index in [1.165, 1.54) is 12.5 Å². The molecule has 3 rings (SSSR count). The van der Waals surface area contributed by atoms with Crippen LogP contribution in [-0.4, -0.2) is 16.7 Å². The van der Waals surface area contributed by atoms with Gasteiger partial charge in [0.05, 0.1) is 0 Å². The summed E-state index contributed by atoms with van der Waals surface area (Å²) in [5.41, 5.74) is 5.62. The summed E-state index contributed by atoms with van der Waals surface area (Å²) in [6.07, 6.45) is 1.60. The molecule has 2 aromatic carbocycles. The fourth-order valence-corrected chi connectivity index (χ4v) is 2.73. The maximum atomic E-state index is 12.5. The van der Waals surface area contributed by atoms with Crippen LogP contribution in [0.5, 0.6) is 0 Å². The first-order valence-corrected chi connectivity index (χ1v) is 8.65. The predicted octanol–water partition coefficient (Wildman–Crippen LogP) is 4.90. The van der Waals surface area contributed by atoms with Gasteiger partial charge >= 0.3 is 0 Å². The zero-order valence-corrected chi connectivity index (χ0v) is 15.5. The summed E-state index contributed by atoms with van der Waals surface area (Å²) in [4.78, 5) is 28.0. The lowest BCUT2D eigenvalue weighted by molar-refractivity contribution is 0.101. The summed E-state index contributed by atoms with van der Waals surface area (Å²) in [5, 5.41) is 6.11. The molecule has 1 amide bonds. The number of ketones is 1. The van der Waals surface area contributed by atoms with E-state index in [1.807, 2.05) is 25.1 Å². The average molecular weight is 359 g/mol. The molecule has 0 aliphatic heterocycles. The number of aryl methyl sites for hydroxylation is 2. The number of amides is 1. The van der Waals surface area contributed by atoms with Crippen molar-refractivity contribution in [3.05, 3.63) is 83.2 Å². The van der Waals surface area contributed by atoms with Gasteiger partial charge in [0.15, 0.2) is 5.78 Å². The Morgan fingerprint density at radius 1 is 0.889 bits per heavy atom. The van der Waals surface area contributed by atoms with Crippen molar-refractivity contribution in [3.8, 4) is 0 Å². The molecular weight excluding hydrogens is 338 g/mol. The van der Waals surface area contributed by atoms with Crippen molar-refractivity contribution < 1.29 is 9.59 Å². The molecule has 2 N–H and O–H groups in total. The van der Waals surface area contributed by atoms with Gasteiger partial charge in [-0.1, -0.05) is 17.7 Å². The summed E-state index contributed by atoms with van der Waals surface area (Å²) in [7, 11) is 0. The summed E-state index contributed by atoms with van der Waals surface area (Å²) >= 11 is 0. The first-order valence-electron chi connectivity index (χ1n) is 8.65. The molecule has 0 aliphatic rings. The molecule has 3 aromatic rings. The standard InChI is InChI=1S/C22H21N3O2/c1-14-4-9-20(15(2)12-14)24-19-10-11-23-21(13-19)22(27)25-18-7-5-17(6-8-18)16(3)26/h4-13H,1-3H3,(H,23,24)(H,25,27).